The molecule has 2 rings (SSSR count). The summed E-state index contributed by atoms with van der Waals surface area (Å²) in [5, 5.41) is 0. The van der Waals surface area contributed by atoms with Crippen LogP contribution in [0.4, 0.5) is 0 Å². The van der Waals surface area contributed by atoms with E-state index in [-0.39, 0.29) is 6.10 Å². The SMILES string of the molecule is Brc1cnc(O[C@H]2CCOC2)cn1. The molecule has 1 aliphatic heterocycles. The molecule has 5 heteroatoms. The van der Waals surface area contributed by atoms with Crippen molar-refractivity contribution in [1.82, 2.24) is 9.97 Å². The summed E-state index contributed by atoms with van der Waals surface area (Å²) in [6.07, 6.45) is 4.28. The third kappa shape index (κ3) is 2.38. The zero-order valence-corrected chi connectivity index (χ0v) is 8.53. The Morgan fingerprint density at radius 2 is 2.38 bits per heavy atom. The predicted octanol–water partition coefficient (Wildman–Crippen LogP) is 1.41. The molecule has 1 aliphatic rings. The van der Waals surface area contributed by atoms with Gasteiger partial charge in [-0.25, -0.2) is 9.97 Å². The van der Waals surface area contributed by atoms with E-state index in [0.717, 1.165) is 13.0 Å². The lowest BCUT2D eigenvalue weighted by atomic mass is 10.3. The molecule has 0 N–H and O–H groups in total. The van der Waals surface area contributed by atoms with Gasteiger partial charge in [0.15, 0.2) is 0 Å². The first kappa shape index (κ1) is 8.90. The Kier molecular flexibility index (Phi) is 2.75. The van der Waals surface area contributed by atoms with E-state index >= 15 is 0 Å². The van der Waals surface area contributed by atoms with Crippen molar-refractivity contribution in [2.24, 2.45) is 0 Å². The maximum Gasteiger partial charge on any atom is 0.232 e. The molecule has 1 saturated heterocycles. The second kappa shape index (κ2) is 4.02. The monoisotopic (exact) mass is 244 g/mol. The Hall–Kier alpha value is -0.680. The molecule has 1 atom stereocenters. The lowest BCUT2D eigenvalue weighted by Crippen LogP contribution is -2.16. The van der Waals surface area contributed by atoms with Gasteiger partial charge in [-0.15, -0.1) is 0 Å². The molecule has 0 saturated carbocycles. The van der Waals surface area contributed by atoms with Crippen LogP contribution in [0, 0.1) is 0 Å². The van der Waals surface area contributed by atoms with Gasteiger partial charge in [0, 0.05) is 6.42 Å². The molecule has 1 fully saturated rings. The summed E-state index contributed by atoms with van der Waals surface area (Å²) in [4.78, 5) is 8.06. The minimum atomic E-state index is 0.135. The van der Waals surface area contributed by atoms with Crippen LogP contribution in [0.15, 0.2) is 17.0 Å². The van der Waals surface area contributed by atoms with Gasteiger partial charge in [-0.1, -0.05) is 0 Å². The molecule has 4 nitrogen and oxygen atoms in total. The molecule has 0 aliphatic carbocycles. The van der Waals surface area contributed by atoms with E-state index in [1.807, 2.05) is 0 Å². The van der Waals surface area contributed by atoms with Gasteiger partial charge in [0.05, 0.1) is 25.6 Å². The summed E-state index contributed by atoms with van der Waals surface area (Å²) in [6, 6.07) is 0. The van der Waals surface area contributed by atoms with E-state index in [4.69, 9.17) is 9.47 Å². The first-order valence-corrected chi connectivity index (χ1v) is 4.86. The summed E-state index contributed by atoms with van der Waals surface area (Å²) < 4.78 is 11.4. The number of ether oxygens (including phenoxy) is 2. The number of aromatic nitrogens is 2. The van der Waals surface area contributed by atoms with Gasteiger partial charge in [0.1, 0.15) is 10.7 Å². The maximum atomic E-state index is 5.51. The van der Waals surface area contributed by atoms with Gasteiger partial charge in [0.25, 0.3) is 0 Å². The van der Waals surface area contributed by atoms with Crippen LogP contribution in [0.25, 0.3) is 0 Å². The van der Waals surface area contributed by atoms with Gasteiger partial charge in [-0.3, -0.25) is 0 Å². The molecule has 0 unspecified atom stereocenters. The molecule has 0 aromatic carbocycles. The van der Waals surface area contributed by atoms with Crippen molar-refractivity contribution in [1.29, 1.82) is 0 Å². The van der Waals surface area contributed by atoms with Crippen LogP contribution in [0.5, 0.6) is 5.88 Å². The fraction of sp³-hybridized carbons (Fsp3) is 0.500. The Morgan fingerprint density at radius 3 is 3.00 bits per heavy atom. The average Bonchev–Trinajstić information content (AvgIpc) is 2.62. The molecule has 0 amide bonds. The largest absolute Gasteiger partial charge is 0.471 e. The normalized spacial score (nSPS) is 21.8. The molecule has 0 spiro atoms. The average molecular weight is 245 g/mol. The van der Waals surface area contributed by atoms with Gasteiger partial charge in [-0.05, 0) is 15.9 Å². The first-order valence-electron chi connectivity index (χ1n) is 4.06. The van der Waals surface area contributed by atoms with Crippen LogP contribution >= 0.6 is 15.9 Å². The number of hydrogen-bond acceptors (Lipinski definition) is 4. The van der Waals surface area contributed by atoms with Crippen LogP contribution in [0.1, 0.15) is 6.42 Å². The van der Waals surface area contributed by atoms with E-state index < -0.39 is 0 Å². The van der Waals surface area contributed by atoms with E-state index in [0.29, 0.717) is 17.1 Å². The minimum Gasteiger partial charge on any atom is -0.471 e. The maximum absolute atomic E-state index is 5.51. The third-order valence-corrected chi connectivity index (χ3v) is 2.18. The Morgan fingerprint density at radius 1 is 1.46 bits per heavy atom. The summed E-state index contributed by atoms with van der Waals surface area (Å²) in [5.74, 6) is 0.554. The molecule has 0 radical (unpaired) electrons. The topological polar surface area (TPSA) is 44.2 Å². The van der Waals surface area contributed by atoms with Crippen molar-refractivity contribution in [2.45, 2.75) is 12.5 Å². The van der Waals surface area contributed by atoms with Gasteiger partial charge >= 0.3 is 0 Å². The third-order valence-electron chi connectivity index (χ3n) is 1.77. The minimum absolute atomic E-state index is 0.135. The fourth-order valence-electron chi connectivity index (χ4n) is 1.14. The van der Waals surface area contributed by atoms with Gasteiger partial charge in [-0.2, -0.15) is 0 Å². The van der Waals surface area contributed by atoms with Crippen LogP contribution in [-0.2, 0) is 4.74 Å². The number of halogens is 1. The highest BCUT2D eigenvalue weighted by molar-refractivity contribution is 9.10. The highest BCUT2D eigenvalue weighted by Gasteiger charge is 2.17. The molecular weight excluding hydrogens is 236 g/mol. The number of rotatable bonds is 2. The predicted molar refractivity (Wildman–Crippen MR) is 49.6 cm³/mol. The fourth-order valence-corrected chi connectivity index (χ4v) is 1.34. The zero-order valence-electron chi connectivity index (χ0n) is 6.94. The van der Waals surface area contributed by atoms with Crippen LogP contribution in [0.3, 0.4) is 0 Å². The summed E-state index contributed by atoms with van der Waals surface area (Å²) in [6.45, 7) is 1.42. The quantitative estimate of drug-likeness (QED) is 0.790. The van der Waals surface area contributed by atoms with Crippen molar-refractivity contribution in [3.8, 4) is 5.88 Å². The molecule has 1 aromatic heterocycles. The van der Waals surface area contributed by atoms with E-state index in [9.17, 15) is 0 Å². The standard InChI is InChI=1S/C8H9BrN2O2/c9-7-3-11-8(4-10-7)13-6-1-2-12-5-6/h3-4,6H,1-2,5H2/t6-/m0/s1. The Balaban J connectivity index is 1.97. The molecule has 2 heterocycles. The summed E-state index contributed by atoms with van der Waals surface area (Å²) in [7, 11) is 0. The van der Waals surface area contributed by atoms with Gasteiger partial charge in [0.2, 0.25) is 5.88 Å². The Bertz CT molecular complexity index is 272. The number of hydrogen-bond donors (Lipinski definition) is 0. The summed E-state index contributed by atoms with van der Waals surface area (Å²) in [5.41, 5.74) is 0. The molecule has 0 bridgehead atoms. The molecule has 13 heavy (non-hydrogen) atoms. The lowest BCUT2D eigenvalue weighted by molar-refractivity contribution is 0.137. The van der Waals surface area contributed by atoms with E-state index in [1.165, 1.54) is 0 Å². The van der Waals surface area contributed by atoms with Crippen molar-refractivity contribution in [2.75, 3.05) is 13.2 Å². The first-order chi connectivity index (χ1) is 6.34. The van der Waals surface area contributed by atoms with E-state index in [1.54, 1.807) is 12.4 Å². The highest BCUT2D eigenvalue weighted by Crippen LogP contribution is 2.14. The smallest absolute Gasteiger partial charge is 0.232 e. The van der Waals surface area contributed by atoms with Crippen LogP contribution in [-0.4, -0.2) is 29.3 Å². The van der Waals surface area contributed by atoms with Crippen molar-refractivity contribution in [3.05, 3.63) is 17.0 Å². The zero-order chi connectivity index (χ0) is 9.10. The molecular formula is C8H9BrN2O2. The van der Waals surface area contributed by atoms with Crippen molar-refractivity contribution in [3.63, 3.8) is 0 Å². The Labute approximate surface area is 84.4 Å². The second-order valence-electron chi connectivity index (χ2n) is 2.78. The van der Waals surface area contributed by atoms with Crippen molar-refractivity contribution < 1.29 is 9.47 Å². The molecule has 70 valence electrons. The lowest BCUT2D eigenvalue weighted by Gasteiger charge is -2.09. The molecule has 1 aromatic rings. The van der Waals surface area contributed by atoms with Crippen LogP contribution < -0.4 is 4.74 Å². The van der Waals surface area contributed by atoms with Crippen LogP contribution in [0.2, 0.25) is 0 Å². The van der Waals surface area contributed by atoms with Gasteiger partial charge < -0.3 is 9.47 Å². The number of nitrogens with zero attached hydrogens (tertiary/aromatic N) is 2. The van der Waals surface area contributed by atoms with E-state index in [2.05, 4.69) is 25.9 Å². The second-order valence-corrected chi connectivity index (χ2v) is 3.59. The highest BCUT2D eigenvalue weighted by atomic mass is 79.9. The van der Waals surface area contributed by atoms with Crippen molar-refractivity contribution >= 4 is 15.9 Å². The summed E-state index contributed by atoms with van der Waals surface area (Å²) >= 11 is 3.20.